The molecule has 1 aliphatic carbocycles. The molecule has 1 aliphatic rings. The van der Waals surface area contributed by atoms with Crippen LogP contribution in [0.15, 0.2) is 42.5 Å². The predicted octanol–water partition coefficient (Wildman–Crippen LogP) is -1.05. The van der Waals surface area contributed by atoms with Crippen molar-refractivity contribution in [1.29, 1.82) is 0 Å². The van der Waals surface area contributed by atoms with Gasteiger partial charge in [-0.2, -0.15) is 6.08 Å². The summed E-state index contributed by atoms with van der Waals surface area (Å²) in [6, 6.07) is 7.38. The number of rotatable bonds is 2. The first-order valence-electron chi connectivity index (χ1n) is 5.50. The molecule has 0 saturated heterocycles. The van der Waals surface area contributed by atoms with E-state index in [0.29, 0.717) is 5.56 Å². The number of carbonyl (C=O) groups is 1. The molecule has 0 bridgehead atoms. The second kappa shape index (κ2) is 24.9. The van der Waals surface area contributed by atoms with Crippen molar-refractivity contribution in [2.24, 2.45) is 0 Å². The Morgan fingerprint density at radius 3 is 1.83 bits per heavy atom. The molecular formula is C18H28Cl2NOSiTi-6. The molecule has 0 aliphatic heterocycles. The summed E-state index contributed by atoms with van der Waals surface area (Å²) in [4.78, 5) is 10.9. The van der Waals surface area contributed by atoms with Crippen LogP contribution in [0, 0.1) is 35.8 Å². The first kappa shape index (κ1) is 43.8. The van der Waals surface area contributed by atoms with Crippen LogP contribution in [-0.2, 0) is 21.7 Å². The van der Waals surface area contributed by atoms with Gasteiger partial charge in [-0.3, -0.25) is 6.08 Å². The number of allylic oxidation sites excluding steroid dienone is 4. The summed E-state index contributed by atoms with van der Waals surface area (Å²) in [6.07, 6.45) is 10.0. The van der Waals surface area contributed by atoms with Gasteiger partial charge in [-0.15, -0.1) is 6.42 Å². The molecule has 6 heteroatoms. The number of hydrogen-bond donors (Lipinski definition) is 0. The molecule has 0 aromatic heterocycles. The van der Waals surface area contributed by atoms with Gasteiger partial charge in [0.1, 0.15) is 0 Å². The second-order valence-corrected chi connectivity index (χ2v) is 6.42. The minimum Gasteiger partial charge on any atom is -1.00 e. The van der Waals surface area contributed by atoms with Crippen molar-refractivity contribution in [3.63, 3.8) is 0 Å². The molecule has 0 heterocycles. The van der Waals surface area contributed by atoms with E-state index in [1.807, 2.05) is 24.3 Å². The van der Waals surface area contributed by atoms with Crippen LogP contribution < -0.4 is 30.0 Å². The third-order valence-corrected chi connectivity index (χ3v) is 3.81. The summed E-state index contributed by atoms with van der Waals surface area (Å²) >= 11 is 0. The number of amides is 1. The molecule has 24 heavy (non-hydrogen) atoms. The quantitative estimate of drug-likeness (QED) is 0.444. The summed E-state index contributed by atoms with van der Waals surface area (Å²) in [5, 5.41) is 1.06. The van der Waals surface area contributed by atoms with Crippen LogP contribution in [0.3, 0.4) is 0 Å². The van der Waals surface area contributed by atoms with E-state index >= 15 is 0 Å². The van der Waals surface area contributed by atoms with Crippen LogP contribution in [0.5, 0.6) is 0 Å². The fourth-order valence-electron chi connectivity index (χ4n) is 1.46. The zero-order chi connectivity index (χ0) is 12.7. The van der Waals surface area contributed by atoms with Crippen molar-refractivity contribution in [1.82, 2.24) is 0 Å². The monoisotopic (exact) mass is 420 g/mol. The molecule has 0 spiro atoms. The molecule has 2 rings (SSSR count). The molecular weight excluding hydrogens is 393 g/mol. The van der Waals surface area contributed by atoms with Crippen LogP contribution in [0.25, 0.3) is 5.73 Å². The summed E-state index contributed by atoms with van der Waals surface area (Å²) in [5.74, 6) is -0.572. The standard InChI is InChI=1S/C9H12NOSi.C5H5.4CH3.2ClH.Ti/c1-12(2)8-6-4-3-5-7(8)9(10)11;1-2-4-5-3-1;;;;;;;/h3-6H,1-2H3,(H2,10,11);1-3H,4H2;4*1H3;2*1H;/q;5*-1;;;+2/p-3. The maximum atomic E-state index is 10.9. The van der Waals surface area contributed by atoms with Crippen molar-refractivity contribution < 1.29 is 51.3 Å². The normalized spacial score (nSPS) is 8.79. The van der Waals surface area contributed by atoms with Gasteiger partial charge in [0.05, 0.1) is 14.7 Å². The van der Waals surface area contributed by atoms with Gasteiger partial charge in [0, 0.05) is 0 Å². The van der Waals surface area contributed by atoms with E-state index in [0.717, 1.165) is 11.6 Å². The molecule has 2 nitrogen and oxygen atoms in total. The minimum atomic E-state index is -0.627. The number of hydrogen-bond acceptors (Lipinski definition) is 1. The molecule has 1 amide bonds. The van der Waals surface area contributed by atoms with Crippen LogP contribution in [0.4, 0.5) is 0 Å². The summed E-state index contributed by atoms with van der Waals surface area (Å²) < 4.78 is 0. The molecule has 1 N–H and O–H groups in total. The van der Waals surface area contributed by atoms with E-state index in [1.54, 1.807) is 12.1 Å². The van der Waals surface area contributed by atoms with E-state index in [4.69, 9.17) is 5.73 Å². The van der Waals surface area contributed by atoms with Crippen molar-refractivity contribution in [3.05, 3.63) is 89.6 Å². The smallest absolute Gasteiger partial charge is 1.00 e. The summed E-state index contributed by atoms with van der Waals surface area (Å²) in [5.41, 5.74) is 7.60. The van der Waals surface area contributed by atoms with Gasteiger partial charge in [-0.25, -0.2) is 12.2 Å². The maximum Gasteiger partial charge on any atom is 2.00 e. The van der Waals surface area contributed by atoms with Crippen molar-refractivity contribution in [2.75, 3.05) is 0 Å². The SMILES string of the molecule is C[Si](C)c1ccccc1C([NH-])=O.[C-]1=CC=CC1.[CH3-].[CH3-].[CH3-].[CH3-].[Cl-].[Cl-].[Ti+2]. The number of halogens is 2. The minimum absolute atomic E-state index is 0. The summed E-state index contributed by atoms with van der Waals surface area (Å²) in [7, 11) is -0.627. The third-order valence-electron chi connectivity index (χ3n) is 2.30. The number of nitrogens with one attached hydrogen (secondary N) is 1. The van der Waals surface area contributed by atoms with Crippen molar-refractivity contribution in [3.8, 4) is 0 Å². The van der Waals surface area contributed by atoms with Crippen LogP contribution in [0.2, 0.25) is 13.1 Å². The molecule has 0 saturated carbocycles. The van der Waals surface area contributed by atoms with Crippen LogP contribution in [-0.4, -0.2) is 14.7 Å². The van der Waals surface area contributed by atoms with Gasteiger partial charge < -0.3 is 65.0 Å². The average molecular weight is 421 g/mol. The molecule has 0 atom stereocenters. The second-order valence-electron chi connectivity index (χ2n) is 3.88. The maximum absolute atomic E-state index is 10.9. The van der Waals surface area contributed by atoms with Gasteiger partial charge >= 0.3 is 21.7 Å². The van der Waals surface area contributed by atoms with Crippen molar-refractivity contribution >= 4 is 19.9 Å². The largest absolute Gasteiger partial charge is 2.00 e. The third kappa shape index (κ3) is 16.5. The Balaban J connectivity index is -0.0000000429. The van der Waals surface area contributed by atoms with Crippen LogP contribution >= 0.6 is 0 Å². The zero-order valence-corrected chi connectivity index (χ0v) is 19.5. The fraction of sp³-hybridized carbons (Fsp3) is 0.167. The predicted molar refractivity (Wildman–Crippen MR) is 99.4 cm³/mol. The Morgan fingerprint density at radius 2 is 1.58 bits per heavy atom. The molecule has 1 aromatic carbocycles. The van der Waals surface area contributed by atoms with Gasteiger partial charge in [0.25, 0.3) is 0 Å². The first-order chi connectivity index (χ1) is 8.13. The average Bonchev–Trinajstić information content (AvgIpc) is 2.87. The topological polar surface area (TPSA) is 40.9 Å². The Morgan fingerprint density at radius 1 is 1.08 bits per heavy atom. The zero-order valence-electron chi connectivity index (χ0n) is 15.4. The van der Waals surface area contributed by atoms with E-state index in [1.165, 1.54) is 0 Å². The Kier molecular flexibility index (Phi) is 45.5. The molecule has 139 valence electrons. The van der Waals surface area contributed by atoms with E-state index in [9.17, 15) is 4.79 Å². The van der Waals surface area contributed by atoms with Gasteiger partial charge in [-0.05, 0) is 5.56 Å². The van der Waals surface area contributed by atoms with E-state index in [2.05, 4.69) is 25.2 Å². The Hall–Kier alpha value is -0.319. The van der Waals surface area contributed by atoms with Gasteiger partial charge in [-0.1, -0.05) is 42.5 Å². The van der Waals surface area contributed by atoms with E-state index < -0.39 is 14.7 Å². The van der Waals surface area contributed by atoms with Crippen LogP contribution in [0.1, 0.15) is 16.8 Å². The molecule has 1 aromatic rings. The number of carbonyl (C=O) groups excluding carboxylic acids is 1. The molecule has 0 fully saturated rings. The Bertz CT molecular complexity index is 442. The van der Waals surface area contributed by atoms with Gasteiger partial charge in [0.2, 0.25) is 0 Å². The molecule has 1 radical (unpaired) electrons. The first-order valence-corrected chi connectivity index (χ1v) is 8.00. The molecule has 0 unspecified atom stereocenters. The fourth-order valence-corrected chi connectivity index (χ4v) is 2.62. The number of benzene rings is 1. The van der Waals surface area contributed by atoms with Crippen molar-refractivity contribution in [2.45, 2.75) is 19.5 Å². The van der Waals surface area contributed by atoms with Gasteiger partial charge in [0.15, 0.2) is 0 Å². The van der Waals surface area contributed by atoms with E-state index in [-0.39, 0.29) is 76.2 Å². The summed E-state index contributed by atoms with van der Waals surface area (Å²) in [6.45, 7) is 4.23. The Labute approximate surface area is 179 Å².